The number of benzene rings is 3. The molecule has 3 aromatic rings. The summed E-state index contributed by atoms with van der Waals surface area (Å²) in [6.45, 7) is 1.81. The van der Waals surface area contributed by atoms with Gasteiger partial charge in [0.15, 0.2) is 0 Å². The highest BCUT2D eigenvalue weighted by Gasteiger charge is 2.18. The average molecular weight is 371 g/mol. The van der Waals surface area contributed by atoms with Gasteiger partial charge in [0.1, 0.15) is 0 Å². The van der Waals surface area contributed by atoms with E-state index < -0.39 is 5.91 Å². The first-order valence-corrected chi connectivity index (χ1v) is 9.24. The molecule has 0 bridgehead atoms. The molecule has 0 radical (unpaired) electrons. The summed E-state index contributed by atoms with van der Waals surface area (Å²) < 4.78 is 0. The van der Waals surface area contributed by atoms with Gasteiger partial charge in [-0.25, -0.2) is 0 Å². The maximum absolute atomic E-state index is 12.5. The van der Waals surface area contributed by atoms with E-state index in [4.69, 9.17) is 5.73 Å². The summed E-state index contributed by atoms with van der Waals surface area (Å²) >= 11 is 0. The predicted molar refractivity (Wildman–Crippen MR) is 111 cm³/mol. The van der Waals surface area contributed by atoms with Crippen LogP contribution in [0.4, 0.5) is 11.4 Å². The summed E-state index contributed by atoms with van der Waals surface area (Å²) in [4.78, 5) is 26.4. The molecule has 140 valence electrons. The zero-order valence-corrected chi connectivity index (χ0v) is 15.4. The average Bonchev–Trinajstić information content (AvgIpc) is 3.12. The molecule has 0 fully saturated rings. The molecule has 1 aliphatic heterocycles. The molecule has 0 unspecified atom stereocenters. The van der Waals surface area contributed by atoms with Crippen LogP contribution in [0.3, 0.4) is 0 Å². The van der Waals surface area contributed by atoms with Crippen molar-refractivity contribution in [1.82, 2.24) is 0 Å². The zero-order valence-electron chi connectivity index (χ0n) is 15.4. The number of nitrogens with zero attached hydrogens (tertiary/aromatic N) is 1. The van der Waals surface area contributed by atoms with E-state index in [1.54, 1.807) is 36.4 Å². The van der Waals surface area contributed by atoms with E-state index in [1.165, 1.54) is 11.3 Å². The molecule has 1 heterocycles. The summed E-state index contributed by atoms with van der Waals surface area (Å²) in [6.07, 6.45) is 1.07. The van der Waals surface area contributed by atoms with Gasteiger partial charge >= 0.3 is 0 Å². The quantitative estimate of drug-likeness (QED) is 0.719. The fraction of sp³-hybridized carbons (Fsp3) is 0.130. The van der Waals surface area contributed by atoms with Gasteiger partial charge in [-0.15, -0.1) is 0 Å². The number of anilines is 2. The first-order chi connectivity index (χ1) is 13.6. The number of rotatable bonds is 5. The van der Waals surface area contributed by atoms with Gasteiger partial charge in [0.25, 0.3) is 11.8 Å². The molecule has 3 N–H and O–H groups in total. The van der Waals surface area contributed by atoms with Crippen LogP contribution in [0.1, 0.15) is 31.8 Å². The molecule has 0 spiro atoms. The van der Waals surface area contributed by atoms with Crippen molar-refractivity contribution in [2.45, 2.75) is 13.0 Å². The lowest BCUT2D eigenvalue weighted by atomic mass is 10.1. The van der Waals surface area contributed by atoms with Crippen molar-refractivity contribution in [2.75, 3.05) is 16.8 Å². The molecule has 28 heavy (non-hydrogen) atoms. The smallest absolute Gasteiger partial charge is 0.255 e. The Morgan fingerprint density at radius 3 is 2.43 bits per heavy atom. The van der Waals surface area contributed by atoms with Gasteiger partial charge < -0.3 is 16.0 Å². The van der Waals surface area contributed by atoms with Gasteiger partial charge in [0.05, 0.1) is 11.3 Å². The number of amides is 2. The molecule has 0 atom stereocenters. The minimum atomic E-state index is -0.572. The third-order valence-corrected chi connectivity index (χ3v) is 5.01. The summed E-state index contributed by atoms with van der Waals surface area (Å²) in [6, 6.07) is 22.7. The van der Waals surface area contributed by atoms with Crippen molar-refractivity contribution in [3.8, 4) is 0 Å². The molecule has 3 aromatic carbocycles. The summed E-state index contributed by atoms with van der Waals surface area (Å²) in [5, 5.41) is 2.76. The van der Waals surface area contributed by atoms with E-state index in [-0.39, 0.29) is 5.91 Å². The van der Waals surface area contributed by atoms with Gasteiger partial charge in [0, 0.05) is 24.3 Å². The first kappa shape index (κ1) is 17.8. The monoisotopic (exact) mass is 371 g/mol. The fourth-order valence-electron chi connectivity index (χ4n) is 3.55. The lowest BCUT2D eigenvalue weighted by Crippen LogP contribution is -2.20. The van der Waals surface area contributed by atoms with Crippen LogP contribution in [0.5, 0.6) is 0 Å². The normalized spacial score (nSPS) is 12.5. The van der Waals surface area contributed by atoms with Crippen molar-refractivity contribution in [3.05, 3.63) is 95.1 Å². The van der Waals surface area contributed by atoms with Crippen LogP contribution in [-0.2, 0) is 13.0 Å². The highest BCUT2D eigenvalue weighted by atomic mass is 16.2. The number of hydrogen-bond acceptors (Lipinski definition) is 3. The minimum absolute atomic E-state index is 0.272. The summed E-state index contributed by atoms with van der Waals surface area (Å²) in [7, 11) is 0. The number of carbonyl (C=O) groups excluding carboxylic acids is 2. The molecular formula is C23H21N3O2. The van der Waals surface area contributed by atoms with Gasteiger partial charge in [-0.1, -0.05) is 42.5 Å². The Hall–Kier alpha value is -3.60. The molecule has 2 amide bonds. The standard InChI is InChI=1S/C23H21N3O2/c24-22(27)19-6-2-3-7-20(19)25-23(28)18-11-9-16(10-12-18)15-26-14-13-17-5-1-4-8-21(17)26/h1-12H,13-15H2,(H2,24,27)(H,25,28). The molecule has 0 saturated carbocycles. The number of carbonyl (C=O) groups is 2. The molecule has 0 aromatic heterocycles. The number of nitrogens with two attached hydrogens (primary N) is 1. The maximum Gasteiger partial charge on any atom is 0.255 e. The van der Waals surface area contributed by atoms with Crippen molar-refractivity contribution < 1.29 is 9.59 Å². The molecule has 5 heteroatoms. The number of fused-ring (bicyclic) bond motifs is 1. The Balaban J connectivity index is 1.45. The van der Waals surface area contributed by atoms with Gasteiger partial charge in [-0.05, 0) is 47.9 Å². The van der Waals surface area contributed by atoms with E-state index in [2.05, 4.69) is 34.5 Å². The van der Waals surface area contributed by atoms with E-state index in [9.17, 15) is 9.59 Å². The zero-order chi connectivity index (χ0) is 19.5. The van der Waals surface area contributed by atoms with Crippen molar-refractivity contribution in [2.24, 2.45) is 5.73 Å². The molecule has 4 rings (SSSR count). The van der Waals surface area contributed by atoms with Crippen LogP contribution in [-0.4, -0.2) is 18.4 Å². The van der Waals surface area contributed by atoms with Gasteiger partial charge in [-0.2, -0.15) is 0 Å². The Morgan fingerprint density at radius 2 is 1.64 bits per heavy atom. The summed E-state index contributed by atoms with van der Waals surface area (Å²) in [5.74, 6) is -0.844. The topological polar surface area (TPSA) is 75.4 Å². The minimum Gasteiger partial charge on any atom is -0.367 e. The lowest BCUT2D eigenvalue weighted by molar-refractivity contribution is 0.100. The summed E-state index contributed by atoms with van der Waals surface area (Å²) in [5.41, 5.74) is 10.4. The Bertz CT molecular complexity index is 1030. The van der Waals surface area contributed by atoms with Crippen LogP contribution in [0, 0.1) is 0 Å². The van der Waals surface area contributed by atoms with Crippen molar-refractivity contribution >= 4 is 23.2 Å². The van der Waals surface area contributed by atoms with Gasteiger partial charge in [-0.3, -0.25) is 9.59 Å². The number of nitrogens with one attached hydrogen (secondary N) is 1. The van der Waals surface area contributed by atoms with Crippen LogP contribution >= 0.6 is 0 Å². The molecule has 1 aliphatic rings. The number of primary amides is 1. The Morgan fingerprint density at radius 1 is 0.929 bits per heavy atom. The van der Waals surface area contributed by atoms with E-state index in [0.717, 1.165) is 25.1 Å². The predicted octanol–water partition coefficient (Wildman–Crippen LogP) is 3.60. The largest absolute Gasteiger partial charge is 0.367 e. The highest BCUT2D eigenvalue weighted by Crippen LogP contribution is 2.28. The van der Waals surface area contributed by atoms with Crippen LogP contribution in [0.25, 0.3) is 0 Å². The van der Waals surface area contributed by atoms with Crippen LogP contribution in [0.15, 0.2) is 72.8 Å². The lowest BCUT2D eigenvalue weighted by Gasteiger charge is -2.19. The van der Waals surface area contributed by atoms with Crippen molar-refractivity contribution in [3.63, 3.8) is 0 Å². The molecule has 0 saturated heterocycles. The van der Waals surface area contributed by atoms with E-state index >= 15 is 0 Å². The Labute approximate surface area is 163 Å². The number of para-hydroxylation sites is 2. The fourth-order valence-corrected chi connectivity index (χ4v) is 3.55. The number of hydrogen-bond donors (Lipinski definition) is 2. The molecule has 5 nitrogen and oxygen atoms in total. The first-order valence-electron chi connectivity index (χ1n) is 9.24. The molecular weight excluding hydrogens is 350 g/mol. The maximum atomic E-state index is 12.5. The SMILES string of the molecule is NC(=O)c1ccccc1NC(=O)c1ccc(CN2CCc3ccccc32)cc1. The van der Waals surface area contributed by atoms with Crippen molar-refractivity contribution in [1.29, 1.82) is 0 Å². The Kier molecular flexibility index (Phi) is 4.81. The van der Waals surface area contributed by atoms with Gasteiger partial charge in [0.2, 0.25) is 0 Å². The highest BCUT2D eigenvalue weighted by molar-refractivity contribution is 6.08. The second-order valence-electron chi connectivity index (χ2n) is 6.86. The van der Waals surface area contributed by atoms with Crippen LogP contribution < -0.4 is 16.0 Å². The second kappa shape index (κ2) is 7.56. The van der Waals surface area contributed by atoms with E-state index in [1.807, 2.05) is 12.1 Å². The third-order valence-electron chi connectivity index (χ3n) is 5.01. The third kappa shape index (κ3) is 3.60. The van der Waals surface area contributed by atoms with E-state index in [0.29, 0.717) is 16.8 Å². The van der Waals surface area contributed by atoms with Crippen LogP contribution in [0.2, 0.25) is 0 Å². The molecule has 0 aliphatic carbocycles. The second-order valence-corrected chi connectivity index (χ2v) is 6.86.